The van der Waals surface area contributed by atoms with Crippen molar-refractivity contribution in [3.8, 4) is 0 Å². The number of nitrogens with zero attached hydrogens (tertiary/aromatic N) is 2. The molecular weight excluding hydrogens is 294 g/mol. The van der Waals surface area contributed by atoms with Gasteiger partial charge in [0.25, 0.3) is 11.5 Å². The Labute approximate surface area is 133 Å². The highest BCUT2D eigenvalue weighted by Gasteiger charge is 2.37. The standard InChI is InChI=1S/C17H19N3O3/c21-16-12-6-2-1-5-11(12)15(18-19-16)17(22)20-9-10-23-14-8-4-3-7-13(14)20/h1-2,5-6,13-14H,3-4,7-10H2,(H,19,21). The summed E-state index contributed by atoms with van der Waals surface area (Å²) in [6.45, 7) is 1.14. The minimum Gasteiger partial charge on any atom is -0.374 e. The second-order valence-corrected chi connectivity index (χ2v) is 6.21. The van der Waals surface area contributed by atoms with Gasteiger partial charge < -0.3 is 9.64 Å². The number of nitrogens with one attached hydrogen (secondary N) is 1. The van der Waals surface area contributed by atoms with Crippen molar-refractivity contribution in [3.05, 3.63) is 40.3 Å². The number of carbonyl (C=O) groups is 1. The van der Waals surface area contributed by atoms with Gasteiger partial charge in [-0.2, -0.15) is 5.10 Å². The van der Waals surface area contributed by atoms with Crippen LogP contribution in [0.15, 0.2) is 29.1 Å². The Hall–Kier alpha value is -2.21. The van der Waals surface area contributed by atoms with E-state index in [0.29, 0.717) is 29.6 Å². The lowest BCUT2D eigenvalue weighted by Crippen LogP contribution is -2.55. The van der Waals surface area contributed by atoms with Crippen LogP contribution in [0.2, 0.25) is 0 Å². The third-order valence-corrected chi connectivity index (χ3v) is 4.89. The minimum absolute atomic E-state index is 0.113. The Morgan fingerprint density at radius 3 is 2.87 bits per heavy atom. The van der Waals surface area contributed by atoms with E-state index in [-0.39, 0.29) is 23.6 Å². The van der Waals surface area contributed by atoms with Gasteiger partial charge in [0.2, 0.25) is 0 Å². The molecule has 1 aromatic carbocycles. The van der Waals surface area contributed by atoms with Gasteiger partial charge in [0, 0.05) is 11.9 Å². The average molecular weight is 313 g/mol. The first-order chi connectivity index (χ1) is 11.3. The van der Waals surface area contributed by atoms with Gasteiger partial charge >= 0.3 is 0 Å². The minimum atomic E-state index is -0.269. The maximum Gasteiger partial charge on any atom is 0.275 e. The van der Waals surface area contributed by atoms with Crippen molar-refractivity contribution in [2.75, 3.05) is 13.2 Å². The molecule has 2 unspecified atom stereocenters. The zero-order chi connectivity index (χ0) is 15.8. The number of aromatic nitrogens is 2. The van der Waals surface area contributed by atoms with Crippen molar-refractivity contribution in [1.29, 1.82) is 0 Å². The van der Waals surface area contributed by atoms with Crippen molar-refractivity contribution < 1.29 is 9.53 Å². The summed E-state index contributed by atoms with van der Waals surface area (Å²) < 4.78 is 5.83. The van der Waals surface area contributed by atoms with E-state index in [9.17, 15) is 9.59 Å². The van der Waals surface area contributed by atoms with E-state index in [4.69, 9.17) is 4.74 Å². The highest BCUT2D eigenvalue weighted by molar-refractivity contribution is 6.04. The first-order valence-corrected chi connectivity index (χ1v) is 8.16. The molecule has 1 aliphatic carbocycles. The summed E-state index contributed by atoms with van der Waals surface area (Å²) in [4.78, 5) is 26.8. The fraction of sp³-hybridized carbons (Fsp3) is 0.471. The molecular formula is C17H19N3O3. The lowest BCUT2D eigenvalue weighted by atomic mass is 9.90. The average Bonchev–Trinajstić information content (AvgIpc) is 2.61. The predicted octanol–water partition coefficient (Wildman–Crippen LogP) is 1.71. The van der Waals surface area contributed by atoms with Crippen molar-refractivity contribution >= 4 is 16.7 Å². The number of hydrogen-bond donors (Lipinski definition) is 1. The molecule has 1 N–H and O–H groups in total. The maximum atomic E-state index is 13.1. The molecule has 0 bridgehead atoms. The Balaban J connectivity index is 1.74. The lowest BCUT2D eigenvalue weighted by molar-refractivity contribution is -0.0753. The molecule has 1 saturated carbocycles. The van der Waals surface area contributed by atoms with Crippen LogP contribution in [0.3, 0.4) is 0 Å². The first kappa shape index (κ1) is 14.4. The Morgan fingerprint density at radius 2 is 2.00 bits per heavy atom. The smallest absolute Gasteiger partial charge is 0.275 e. The topological polar surface area (TPSA) is 75.3 Å². The van der Waals surface area contributed by atoms with E-state index in [1.165, 1.54) is 0 Å². The van der Waals surface area contributed by atoms with E-state index in [0.717, 1.165) is 25.7 Å². The van der Waals surface area contributed by atoms with Gasteiger partial charge in [-0.25, -0.2) is 5.10 Å². The van der Waals surface area contributed by atoms with E-state index in [2.05, 4.69) is 10.2 Å². The first-order valence-electron chi connectivity index (χ1n) is 8.16. The van der Waals surface area contributed by atoms with Crippen molar-refractivity contribution in [3.63, 3.8) is 0 Å². The Kier molecular flexibility index (Phi) is 3.61. The van der Waals surface area contributed by atoms with Gasteiger partial charge in [-0.15, -0.1) is 0 Å². The van der Waals surface area contributed by atoms with E-state index in [1.807, 2.05) is 11.0 Å². The van der Waals surface area contributed by atoms with E-state index >= 15 is 0 Å². The summed E-state index contributed by atoms with van der Waals surface area (Å²) in [7, 11) is 0. The van der Waals surface area contributed by atoms with Gasteiger partial charge in [-0.05, 0) is 18.9 Å². The second-order valence-electron chi connectivity index (χ2n) is 6.21. The molecule has 2 atom stereocenters. The molecule has 120 valence electrons. The summed E-state index contributed by atoms with van der Waals surface area (Å²) in [5.74, 6) is -0.113. The van der Waals surface area contributed by atoms with Crippen LogP contribution in [-0.2, 0) is 4.74 Å². The molecule has 1 amide bonds. The molecule has 6 heteroatoms. The zero-order valence-electron chi connectivity index (χ0n) is 12.8. The SMILES string of the molecule is O=C(c1n[nH]c(=O)c2ccccc12)N1CCOC2CCCCC21. The molecule has 2 aliphatic rings. The van der Waals surface area contributed by atoms with Crippen molar-refractivity contribution in [2.45, 2.75) is 37.8 Å². The summed E-state index contributed by atoms with van der Waals surface area (Å²) in [6.07, 6.45) is 4.39. The Morgan fingerprint density at radius 1 is 1.22 bits per heavy atom. The number of fused-ring (bicyclic) bond motifs is 2. The number of benzene rings is 1. The number of amides is 1. The van der Waals surface area contributed by atoms with Crippen LogP contribution < -0.4 is 5.56 Å². The van der Waals surface area contributed by atoms with Crippen LogP contribution in [0.1, 0.15) is 36.2 Å². The highest BCUT2D eigenvalue weighted by atomic mass is 16.5. The van der Waals surface area contributed by atoms with Gasteiger partial charge in [-0.1, -0.05) is 31.0 Å². The highest BCUT2D eigenvalue weighted by Crippen LogP contribution is 2.29. The number of H-pyrrole nitrogens is 1. The molecule has 4 rings (SSSR count). The van der Waals surface area contributed by atoms with Gasteiger partial charge in [-0.3, -0.25) is 9.59 Å². The number of hydrogen-bond acceptors (Lipinski definition) is 4. The van der Waals surface area contributed by atoms with Crippen LogP contribution >= 0.6 is 0 Å². The largest absolute Gasteiger partial charge is 0.374 e. The third-order valence-electron chi connectivity index (χ3n) is 4.89. The van der Waals surface area contributed by atoms with Crippen LogP contribution in [0, 0.1) is 0 Å². The van der Waals surface area contributed by atoms with Gasteiger partial charge in [0.15, 0.2) is 5.69 Å². The van der Waals surface area contributed by atoms with Gasteiger partial charge in [0.1, 0.15) is 0 Å². The molecule has 1 aliphatic heterocycles. The molecule has 0 spiro atoms. The summed E-state index contributed by atoms with van der Waals surface area (Å²) in [5, 5.41) is 7.61. The van der Waals surface area contributed by atoms with Crippen LogP contribution in [0.4, 0.5) is 0 Å². The predicted molar refractivity (Wildman–Crippen MR) is 85.4 cm³/mol. The number of carbonyl (C=O) groups excluding carboxylic acids is 1. The zero-order valence-corrected chi connectivity index (χ0v) is 12.8. The molecule has 6 nitrogen and oxygen atoms in total. The monoisotopic (exact) mass is 313 g/mol. The lowest BCUT2D eigenvalue weighted by Gasteiger charge is -2.43. The van der Waals surface area contributed by atoms with Crippen molar-refractivity contribution in [1.82, 2.24) is 15.1 Å². The number of rotatable bonds is 1. The molecule has 2 heterocycles. The van der Waals surface area contributed by atoms with Crippen LogP contribution in [-0.4, -0.2) is 46.3 Å². The molecule has 23 heavy (non-hydrogen) atoms. The number of aromatic amines is 1. The third kappa shape index (κ3) is 2.43. The number of ether oxygens (including phenoxy) is 1. The summed E-state index contributed by atoms with van der Waals surface area (Å²) >= 11 is 0. The van der Waals surface area contributed by atoms with Crippen LogP contribution in [0.5, 0.6) is 0 Å². The summed E-state index contributed by atoms with van der Waals surface area (Å²) in [6, 6.07) is 7.23. The fourth-order valence-corrected chi connectivity index (χ4v) is 3.76. The normalized spacial score (nSPS) is 24.4. The molecule has 1 aromatic heterocycles. The van der Waals surface area contributed by atoms with E-state index < -0.39 is 0 Å². The Bertz CT molecular complexity index is 799. The van der Waals surface area contributed by atoms with E-state index in [1.54, 1.807) is 18.2 Å². The molecule has 0 radical (unpaired) electrons. The van der Waals surface area contributed by atoms with Crippen LogP contribution in [0.25, 0.3) is 10.8 Å². The quantitative estimate of drug-likeness (QED) is 0.869. The van der Waals surface area contributed by atoms with Crippen molar-refractivity contribution in [2.24, 2.45) is 0 Å². The second kappa shape index (κ2) is 5.77. The molecule has 1 saturated heterocycles. The number of morpholine rings is 1. The fourth-order valence-electron chi connectivity index (χ4n) is 3.76. The summed E-state index contributed by atoms with van der Waals surface area (Å²) in [5.41, 5.74) is 0.0566. The van der Waals surface area contributed by atoms with Gasteiger partial charge in [0.05, 0.1) is 24.1 Å². The maximum absolute atomic E-state index is 13.1. The molecule has 2 fully saturated rings. The molecule has 2 aromatic rings.